The van der Waals surface area contributed by atoms with E-state index >= 15 is 0 Å². The Labute approximate surface area is 166 Å². The molecule has 0 aliphatic rings. The monoisotopic (exact) mass is 384 g/mol. The molecule has 0 aromatic heterocycles. The predicted molar refractivity (Wildman–Crippen MR) is 112 cm³/mol. The molecule has 0 bridgehead atoms. The number of nitrogens with one attached hydrogen (secondary N) is 3. The van der Waals surface area contributed by atoms with Crippen LogP contribution in [0.4, 0.5) is 4.39 Å². The van der Waals surface area contributed by atoms with Crippen LogP contribution in [0.3, 0.4) is 0 Å². The van der Waals surface area contributed by atoms with Gasteiger partial charge in [0.05, 0.1) is 6.04 Å². The van der Waals surface area contributed by atoms with E-state index in [4.69, 9.17) is 0 Å². The van der Waals surface area contributed by atoms with Gasteiger partial charge in [-0.1, -0.05) is 24.3 Å². The summed E-state index contributed by atoms with van der Waals surface area (Å²) in [5, 5.41) is 9.16. The summed E-state index contributed by atoms with van der Waals surface area (Å²) < 4.78 is 13.8. The van der Waals surface area contributed by atoms with Crippen molar-refractivity contribution in [3.63, 3.8) is 0 Å². The van der Waals surface area contributed by atoms with Crippen molar-refractivity contribution in [1.29, 1.82) is 0 Å². The fourth-order valence-corrected chi connectivity index (χ4v) is 2.80. The molecular formula is C22H29FN4O. The van der Waals surface area contributed by atoms with Crippen molar-refractivity contribution in [2.45, 2.75) is 33.2 Å². The molecule has 0 fully saturated rings. The van der Waals surface area contributed by atoms with Crippen LogP contribution in [-0.4, -0.2) is 32.0 Å². The van der Waals surface area contributed by atoms with E-state index in [1.807, 2.05) is 38.1 Å². The molecule has 0 spiro atoms. The number of benzene rings is 2. The minimum atomic E-state index is -0.205. The highest BCUT2D eigenvalue weighted by Crippen LogP contribution is 2.16. The van der Waals surface area contributed by atoms with Gasteiger partial charge in [-0.3, -0.25) is 9.79 Å². The summed E-state index contributed by atoms with van der Waals surface area (Å²) in [5.41, 5.74) is 3.20. The minimum Gasteiger partial charge on any atom is -0.357 e. The van der Waals surface area contributed by atoms with Gasteiger partial charge < -0.3 is 16.0 Å². The molecule has 0 saturated heterocycles. The van der Waals surface area contributed by atoms with Gasteiger partial charge in [-0.2, -0.15) is 0 Å². The third kappa shape index (κ3) is 6.08. The normalized spacial score (nSPS) is 12.4. The number of carbonyl (C=O) groups is 1. The van der Waals surface area contributed by atoms with Gasteiger partial charge in [0, 0.05) is 25.7 Å². The van der Waals surface area contributed by atoms with E-state index in [0.717, 1.165) is 24.1 Å². The number of carbonyl (C=O) groups excluding carboxylic acids is 1. The number of aryl methyl sites for hydroxylation is 1. The molecule has 2 aromatic rings. The Morgan fingerprint density at radius 2 is 2.00 bits per heavy atom. The lowest BCUT2D eigenvalue weighted by Crippen LogP contribution is -2.39. The molecular weight excluding hydrogens is 355 g/mol. The highest BCUT2D eigenvalue weighted by atomic mass is 19.1. The fourth-order valence-electron chi connectivity index (χ4n) is 2.80. The van der Waals surface area contributed by atoms with Crippen molar-refractivity contribution in [2.75, 3.05) is 20.1 Å². The van der Waals surface area contributed by atoms with E-state index in [1.54, 1.807) is 32.2 Å². The zero-order valence-corrected chi connectivity index (χ0v) is 17.0. The summed E-state index contributed by atoms with van der Waals surface area (Å²) in [6, 6.07) is 12.7. The van der Waals surface area contributed by atoms with Crippen LogP contribution < -0.4 is 16.0 Å². The largest absolute Gasteiger partial charge is 0.357 e. The van der Waals surface area contributed by atoms with Crippen molar-refractivity contribution >= 4 is 11.9 Å². The van der Waals surface area contributed by atoms with Gasteiger partial charge in [0.25, 0.3) is 5.91 Å². The maximum absolute atomic E-state index is 13.8. The van der Waals surface area contributed by atoms with E-state index in [-0.39, 0.29) is 17.8 Å². The second kappa shape index (κ2) is 10.4. The Bertz CT molecular complexity index is 835. The molecule has 1 unspecified atom stereocenters. The summed E-state index contributed by atoms with van der Waals surface area (Å²) in [7, 11) is 1.62. The first-order chi connectivity index (χ1) is 13.4. The van der Waals surface area contributed by atoms with Crippen LogP contribution in [-0.2, 0) is 6.42 Å². The number of hydrogen-bond acceptors (Lipinski definition) is 2. The lowest BCUT2D eigenvalue weighted by molar-refractivity contribution is 0.0963. The van der Waals surface area contributed by atoms with Crippen LogP contribution >= 0.6 is 0 Å². The Morgan fingerprint density at radius 1 is 1.21 bits per heavy atom. The predicted octanol–water partition coefficient (Wildman–Crippen LogP) is 3.35. The van der Waals surface area contributed by atoms with Crippen molar-refractivity contribution in [3.05, 3.63) is 70.5 Å². The van der Waals surface area contributed by atoms with Gasteiger partial charge in [-0.15, -0.1) is 0 Å². The average molecular weight is 384 g/mol. The number of nitrogens with zero attached hydrogens (tertiary/aromatic N) is 1. The van der Waals surface area contributed by atoms with Crippen molar-refractivity contribution in [3.8, 4) is 0 Å². The van der Waals surface area contributed by atoms with Gasteiger partial charge in [0.1, 0.15) is 5.82 Å². The standard InChI is InChI=1S/C22H29FN4O/c1-5-25-22(27-16(3)18-10-9-15(2)20(23)14-18)26-12-11-17-7-6-8-19(13-17)21(28)24-4/h6-10,13-14,16H,5,11-12H2,1-4H3,(H,24,28)(H2,25,26,27). The summed E-state index contributed by atoms with van der Waals surface area (Å²) >= 11 is 0. The van der Waals surface area contributed by atoms with Gasteiger partial charge in [-0.05, 0) is 62.1 Å². The zero-order chi connectivity index (χ0) is 20.5. The fraction of sp³-hybridized carbons (Fsp3) is 0.364. The SMILES string of the molecule is CCNC(=NCCc1cccc(C(=O)NC)c1)NC(C)c1ccc(C)c(F)c1. The van der Waals surface area contributed by atoms with Crippen LogP contribution in [0.5, 0.6) is 0 Å². The maximum atomic E-state index is 13.8. The molecule has 2 rings (SSSR count). The Kier molecular flexibility index (Phi) is 7.99. The molecule has 6 heteroatoms. The minimum absolute atomic E-state index is 0.0792. The number of guanidine groups is 1. The molecule has 150 valence electrons. The summed E-state index contributed by atoms with van der Waals surface area (Å²) in [4.78, 5) is 16.4. The topological polar surface area (TPSA) is 65.5 Å². The smallest absolute Gasteiger partial charge is 0.251 e. The number of halogens is 1. The Balaban J connectivity index is 2.01. The Morgan fingerprint density at radius 3 is 2.68 bits per heavy atom. The maximum Gasteiger partial charge on any atom is 0.251 e. The van der Waals surface area contributed by atoms with Gasteiger partial charge in [0.2, 0.25) is 0 Å². The highest BCUT2D eigenvalue weighted by molar-refractivity contribution is 5.94. The first-order valence-electron chi connectivity index (χ1n) is 9.56. The molecule has 5 nitrogen and oxygen atoms in total. The first-order valence-corrected chi connectivity index (χ1v) is 9.56. The third-order valence-corrected chi connectivity index (χ3v) is 4.48. The highest BCUT2D eigenvalue weighted by Gasteiger charge is 2.10. The first kappa shape index (κ1) is 21.4. The molecule has 0 heterocycles. The zero-order valence-electron chi connectivity index (χ0n) is 17.0. The van der Waals surface area contributed by atoms with Crippen LogP contribution in [0.1, 0.15) is 46.9 Å². The quantitative estimate of drug-likeness (QED) is 0.507. The second-order valence-corrected chi connectivity index (χ2v) is 6.66. The van der Waals surface area contributed by atoms with Crippen molar-refractivity contribution < 1.29 is 9.18 Å². The molecule has 0 saturated carbocycles. The van der Waals surface area contributed by atoms with E-state index in [9.17, 15) is 9.18 Å². The van der Waals surface area contributed by atoms with Crippen LogP contribution in [0.25, 0.3) is 0 Å². The van der Waals surface area contributed by atoms with E-state index in [0.29, 0.717) is 23.6 Å². The van der Waals surface area contributed by atoms with Gasteiger partial charge >= 0.3 is 0 Å². The van der Waals surface area contributed by atoms with Crippen LogP contribution in [0, 0.1) is 12.7 Å². The second-order valence-electron chi connectivity index (χ2n) is 6.66. The molecule has 28 heavy (non-hydrogen) atoms. The molecule has 3 N–H and O–H groups in total. The summed E-state index contributed by atoms with van der Waals surface area (Å²) in [5.74, 6) is 0.377. The van der Waals surface area contributed by atoms with Crippen molar-refractivity contribution in [2.24, 2.45) is 4.99 Å². The lowest BCUT2D eigenvalue weighted by Gasteiger charge is -2.18. The summed E-state index contributed by atoms with van der Waals surface area (Å²) in [6.45, 7) is 7.03. The number of rotatable bonds is 7. The van der Waals surface area contributed by atoms with Gasteiger partial charge in [0.15, 0.2) is 5.96 Å². The average Bonchev–Trinajstić information content (AvgIpc) is 2.69. The van der Waals surface area contributed by atoms with Gasteiger partial charge in [-0.25, -0.2) is 4.39 Å². The molecule has 1 atom stereocenters. The lowest BCUT2D eigenvalue weighted by atomic mass is 10.1. The Hall–Kier alpha value is -2.89. The summed E-state index contributed by atoms with van der Waals surface area (Å²) in [6.07, 6.45) is 0.717. The number of aliphatic imine (C=N–C) groups is 1. The number of hydrogen-bond donors (Lipinski definition) is 3. The van der Waals surface area contributed by atoms with E-state index in [1.165, 1.54) is 0 Å². The number of amides is 1. The molecule has 2 aromatic carbocycles. The van der Waals surface area contributed by atoms with Crippen LogP contribution in [0.2, 0.25) is 0 Å². The van der Waals surface area contributed by atoms with Crippen molar-refractivity contribution in [1.82, 2.24) is 16.0 Å². The van der Waals surface area contributed by atoms with E-state index < -0.39 is 0 Å². The molecule has 0 aliphatic heterocycles. The molecule has 0 aliphatic carbocycles. The molecule has 0 radical (unpaired) electrons. The van der Waals surface area contributed by atoms with Crippen LogP contribution in [0.15, 0.2) is 47.5 Å². The molecule has 1 amide bonds. The third-order valence-electron chi connectivity index (χ3n) is 4.48. The van der Waals surface area contributed by atoms with E-state index in [2.05, 4.69) is 20.9 Å².